The Morgan fingerprint density at radius 3 is 2.34 bits per heavy atom. The van der Waals surface area contributed by atoms with Crippen molar-refractivity contribution in [1.82, 2.24) is 25.2 Å². The van der Waals surface area contributed by atoms with Crippen LogP contribution in [0.1, 0.15) is 56.5 Å². The number of benzene rings is 2. The molecule has 0 aliphatic carbocycles. The molecule has 4 aromatic rings. The van der Waals surface area contributed by atoms with Crippen molar-refractivity contribution >= 4 is 22.8 Å². The zero-order valence-electron chi connectivity index (χ0n) is 20.5. The van der Waals surface area contributed by atoms with Crippen LogP contribution in [0.5, 0.6) is 0 Å². The van der Waals surface area contributed by atoms with Gasteiger partial charge in [0.05, 0.1) is 18.3 Å². The van der Waals surface area contributed by atoms with E-state index in [0.717, 1.165) is 11.1 Å². The Kier molecular flexibility index (Phi) is 7.29. The van der Waals surface area contributed by atoms with Gasteiger partial charge in [0.15, 0.2) is 0 Å². The molecule has 0 aliphatic heterocycles. The second-order valence-electron chi connectivity index (χ2n) is 9.15. The Labute approximate surface area is 204 Å². The highest BCUT2D eigenvalue weighted by molar-refractivity contribution is 5.89. The van der Waals surface area contributed by atoms with E-state index in [-0.39, 0.29) is 30.9 Å². The predicted molar refractivity (Wildman–Crippen MR) is 133 cm³/mol. The van der Waals surface area contributed by atoms with E-state index in [1.807, 2.05) is 62.4 Å². The summed E-state index contributed by atoms with van der Waals surface area (Å²) in [5.41, 5.74) is 3.40. The molecule has 1 atom stereocenters. The predicted octanol–water partition coefficient (Wildman–Crippen LogP) is 4.44. The van der Waals surface area contributed by atoms with Gasteiger partial charge in [-0.2, -0.15) is 0 Å². The van der Waals surface area contributed by atoms with Crippen LogP contribution in [-0.4, -0.2) is 37.7 Å². The molecule has 0 bridgehead atoms. The van der Waals surface area contributed by atoms with Gasteiger partial charge in [-0.3, -0.25) is 9.59 Å². The third kappa shape index (κ3) is 5.42. The number of nitrogens with one attached hydrogen (secondary N) is 1. The molecule has 0 saturated carbocycles. The average molecular weight is 474 g/mol. The van der Waals surface area contributed by atoms with Gasteiger partial charge < -0.3 is 14.6 Å². The number of fused-ring (bicyclic) bond motifs is 1. The van der Waals surface area contributed by atoms with Gasteiger partial charge in [-0.1, -0.05) is 55.5 Å². The number of hydrogen-bond acceptors (Lipinski definition) is 5. The van der Waals surface area contributed by atoms with Crippen molar-refractivity contribution < 1.29 is 14.0 Å². The molecule has 0 fully saturated rings. The van der Waals surface area contributed by atoms with Gasteiger partial charge in [0.25, 0.3) is 0 Å². The summed E-state index contributed by atoms with van der Waals surface area (Å²) in [4.78, 5) is 28.8. The summed E-state index contributed by atoms with van der Waals surface area (Å²) >= 11 is 0. The van der Waals surface area contributed by atoms with E-state index in [9.17, 15) is 9.59 Å². The second kappa shape index (κ2) is 10.5. The van der Waals surface area contributed by atoms with Gasteiger partial charge in [-0.15, -0.1) is 5.10 Å². The number of rotatable bonds is 9. The molecular formula is C27H31N5O3. The van der Waals surface area contributed by atoms with Gasteiger partial charge in [-0.25, -0.2) is 4.68 Å². The maximum atomic E-state index is 13.7. The molecule has 2 heterocycles. The van der Waals surface area contributed by atoms with E-state index in [1.54, 1.807) is 28.0 Å². The number of carbonyl (C=O) groups excluding carboxylic acids is 2. The Balaban J connectivity index is 1.65. The normalized spacial score (nSPS) is 12.3. The fraction of sp³-hybridized carbons (Fsp3) is 0.333. The summed E-state index contributed by atoms with van der Waals surface area (Å²) in [6.07, 6.45) is 1.57. The number of amides is 2. The molecule has 2 aromatic carbocycles. The number of furan rings is 1. The minimum absolute atomic E-state index is 0.0231. The van der Waals surface area contributed by atoms with Crippen LogP contribution in [0.15, 0.2) is 71.3 Å². The Bertz CT molecular complexity index is 1280. The lowest BCUT2D eigenvalue weighted by atomic mass is 9.97. The molecule has 182 valence electrons. The van der Waals surface area contributed by atoms with Crippen molar-refractivity contribution in [3.63, 3.8) is 0 Å². The zero-order chi connectivity index (χ0) is 24.9. The van der Waals surface area contributed by atoms with Crippen molar-refractivity contribution in [1.29, 1.82) is 0 Å². The first-order valence-corrected chi connectivity index (χ1v) is 11.8. The average Bonchev–Trinajstić information content (AvgIpc) is 3.51. The third-order valence-electron chi connectivity index (χ3n) is 6.01. The van der Waals surface area contributed by atoms with Crippen LogP contribution >= 0.6 is 0 Å². The highest BCUT2D eigenvalue weighted by Gasteiger charge is 2.33. The van der Waals surface area contributed by atoms with Crippen LogP contribution in [-0.2, 0) is 22.7 Å². The fourth-order valence-electron chi connectivity index (χ4n) is 4.16. The smallest absolute Gasteiger partial charge is 0.247 e. The molecule has 35 heavy (non-hydrogen) atoms. The first kappa shape index (κ1) is 24.2. The maximum Gasteiger partial charge on any atom is 0.247 e. The van der Waals surface area contributed by atoms with Crippen LogP contribution < -0.4 is 5.32 Å². The lowest BCUT2D eigenvalue weighted by Crippen LogP contribution is -2.48. The highest BCUT2D eigenvalue weighted by atomic mass is 16.3. The summed E-state index contributed by atoms with van der Waals surface area (Å²) in [6, 6.07) is 17.9. The molecule has 4 rings (SSSR count). The molecular weight excluding hydrogens is 442 g/mol. The minimum Gasteiger partial charge on any atom is -0.467 e. The van der Waals surface area contributed by atoms with Gasteiger partial charge in [0.1, 0.15) is 23.9 Å². The van der Waals surface area contributed by atoms with E-state index in [4.69, 9.17) is 4.42 Å². The molecule has 8 heteroatoms. The van der Waals surface area contributed by atoms with E-state index >= 15 is 0 Å². The topological polar surface area (TPSA) is 93.3 Å². The number of nitrogens with zero attached hydrogens (tertiary/aromatic N) is 4. The van der Waals surface area contributed by atoms with Crippen molar-refractivity contribution in [3.8, 4) is 0 Å². The van der Waals surface area contributed by atoms with Gasteiger partial charge in [-0.05, 0) is 55.2 Å². The van der Waals surface area contributed by atoms with E-state index in [0.29, 0.717) is 17.2 Å². The molecule has 1 unspecified atom stereocenters. The first-order valence-electron chi connectivity index (χ1n) is 11.8. The Morgan fingerprint density at radius 2 is 1.69 bits per heavy atom. The summed E-state index contributed by atoms with van der Waals surface area (Å²) in [6.45, 7) is 8.27. The molecule has 0 aliphatic rings. The molecule has 8 nitrogen and oxygen atoms in total. The van der Waals surface area contributed by atoms with E-state index in [1.165, 1.54) is 5.56 Å². The van der Waals surface area contributed by atoms with Crippen molar-refractivity contribution in [2.75, 3.05) is 0 Å². The SMILES string of the molecule is CC(C)c1ccc(C(C(=O)NCc2ccco2)N(C(=O)Cn2nnc3ccccc32)C(C)C)cc1. The largest absolute Gasteiger partial charge is 0.467 e. The zero-order valence-corrected chi connectivity index (χ0v) is 20.5. The van der Waals surface area contributed by atoms with Crippen molar-refractivity contribution in [3.05, 3.63) is 83.8 Å². The van der Waals surface area contributed by atoms with Gasteiger partial charge in [0.2, 0.25) is 11.8 Å². The summed E-state index contributed by atoms with van der Waals surface area (Å²) < 4.78 is 6.94. The first-order chi connectivity index (χ1) is 16.8. The van der Waals surface area contributed by atoms with E-state index < -0.39 is 6.04 Å². The Morgan fingerprint density at radius 1 is 0.971 bits per heavy atom. The maximum absolute atomic E-state index is 13.7. The highest BCUT2D eigenvalue weighted by Crippen LogP contribution is 2.27. The van der Waals surface area contributed by atoms with Gasteiger partial charge >= 0.3 is 0 Å². The standard InChI is InChI=1S/C27H31N5O3/c1-18(2)20-11-13-21(14-12-20)26(27(34)28-16-22-8-7-15-35-22)32(19(3)4)25(33)17-31-24-10-6-5-9-23(24)29-30-31/h5-15,18-19,26H,16-17H2,1-4H3,(H,28,34). The minimum atomic E-state index is -0.812. The van der Waals surface area contributed by atoms with Crippen molar-refractivity contribution in [2.45, 2.75) is 58.8 Å². The van der Waals surface area contributed by atoms with Gasteiger partial charge in [0, 0.05) is 6.04 Å². The monoisotopic (exact) mass is 473 g/mol. The Hall–Kier alpha value is -3.94. The molecule has 0 saturated heterocycles. The lowest BCUT2D eigenvalue weighted by Gasteiger charge is -2.34. The summed E-state index contributed by atoms with van der Waals surface area (Å²) in [7, 11) is 0. The third-order valence-corrected chi connectivity index (χ3v) is 6.01. The summed E-state index contributed by atoms with van der Waals surface area (Å²) in [5, 5.41) is 11.3. The quantitative estimate of drug-likeness (QED) is 0.388. The van der Waals surface area contributed by atoms with Crippen molar-refractivity contribution in [2.24, 2.45) is 0 Å². The number of para-hydroxylation sites is 1. The van der Waals surface area contributed by atoms with Crippen LogP contribution in [0, 0.1) is 0 Å². The fourth-order valence-corrected chi connectivity index (χ4v) is 4.16. The summed E-state index contributed by atoms with van der Waals surface area (Å²) in [5.74, 6) is 0.508. The molecule has 0 spiro atoms. The van der Waals surface area contributed by atoms with Crippen LogP contribution in [0.3, 0.4) is 0 Å². The molecule has 2 amide bonds. The van der Waals surface area contributed by atoms with E-state index in [2.05, 4.69) is 29.5 Å². The molecule has 0 radical (unpaired) electrons. The van der Waals surface area contributed by atoms with Crippen LogP contribution in [0.4, 0.5) is 0 Å². The lowest BCUT2D eigenvalue weighted by molar-refractivity contribution is -0.143. The van der Waals surface area contributed by atoms with Crippen LogP contribution in [0.25, 0.3) is 11.0 Å². The van der Waals surface area contributed by atoms with Crippen LogP contribution in [0.2, 0.25) is 0 Å². The number of aromatic nitrogens is 3. The number of carbonyl (C=O) groups is 2. The molecule has 1 N–H and O–H groups in total. The number of hydrogen-bond donors (Lipinski definition) is 1. The second-order valence-corrected chi connectivity index (χ2v) is 9.15. The molecule has 2 aromatic heterocycles.